The molecular formula is C6Cu3Mn6N6O18. The van der Waals surface area contributed by atoms with Gasteiger partial charge in [0.05, 0.1) is 0 Å². The summed E-state index contributed by atoms with van der Waals surface area (Å²) in [7, 11) is 0. The average Bonchev–Trinajstić information content (AvgIpc) is 2.67. The number of rotatable bonds is 0. The third-order valence-corrected chi connectivity index (χ3v) is 2.56. The van der Waals surface area contributed by atoms with E-state index in [2.05, 4.69) is 0 Å². The molecular weight excluding hydrogens is 964 g/mol. The second-order valence-electron chi connectivity index (χ2n) is 3.03. The van der Waals surface area contributed by atoms with Gasteiger partial charge in [-0.1, -0.05) is 0 Å². The summed E-state index contributed by atoms with van der Waals surface area (Å²) in [4.78, 5) is 3.47. The van der Waals surface area contributed by atoms with Crippen molar-refractivity contribution in [1.82, 2.24) is 0 Å². The largest absolute Gasteiger partial charge is 2.00 e. The average molecular weight is 964 g/mol. The molecule has 33 heteroatoms. The molecule has 0 saturated heterocycles. The van der Waals surface area contributed by atoms with Gasteiger partial charge in [-0.3, -0.25) is 0 Å². The molecule has 0 aliphatic heterocycles. The zero-order chi connectivity index (χ0) is 31.2. The third kappa shape index (κ3) is 157. The fourth-order valence-electron chi connectivity index (χ4n) is 0. The Labute approximate surface area is 259 Å². The minimum Gasteiger partial charge on any atom is 2.00 e. The molecule has 0 spiro atoms. The molecule has 24 nitrogen and oxygen atoms in total. The van der Waals surface area contributed by atoms with E-state index in [4.69, 9.17) is 103 Å². The zero-order valence-corrected chi connectivity index (χ0v) is 26.1. The zero-order valence-electron chi connectivity index (χ0n) is 16.2. The van der Waals surface area contributed by atoms with Crippen molar-refractivity contribution in [3.05, 3.63) is 0 Å². The maximum Gasteiger partial charge on any atom is 2.00 e. The van der Waals surface area contributed by atoms with Crippen molar-refractivity contribution in [3.8, 4) is 29.8 Å². The molecule has 0 rings (SSSR count). The molecule has 3 radical (unpaired) electrons. The van der Waals surface area contributed by atoms with Gasteiger partial charge in [0.15, 0.2) is 0 Å². The summed E-state index contributed by atoms with van der Waals surface area (Å²) < 4.78 is 165. The van der Waals surface area contributed by atoms with E-state index in [-0.39, 0.29) is 51.2 Å². The summed E-state index contributed by atoms with van der Waals surface area (Å²) >= 11 is -30.5. The van der Waals surface area contributed by atoms with Gasteiger partial charge in [0.1, 0.15) is 0 Å². The van der Waals surface area contributed by atoms with Gasteiger partial charge in [-0.25, -0.2) is 0 Å². The van der Waals surface area contributed by atoms with Crippen LogP contribution in [0.15, 0.2) is 0 Å². The van der Waals surface area contributed by atoms with Gasteiger partial charge in [-0.15, -0.1) is 0 Å². The van der Waals surface area contributed by atoms with E-state index < -0.39 is 78.2 Å². The van der Waals surface area contributed by atoms with E-state index in [9.17, 15) is 0 Å². The van der Waals surface area contributed by atoms with E-state index in [0.717, 1.165) is 0 Å². The number of nitrogens with zero attached hydrogens (tertiary/aromatic N) is 6. The summed E-state index contributed by atoms with van der Waals surface area (Å²) in [5, 5.41) is 43.7. The summed E-state index contributed by atoms with van der Waals surface area (Å²) in [6.45, 7) is 0. The normalized spacial score (nSPS) is 9.23. The van der Waals surface area contributed by atoms with Crippen molar-refractivity contribution in [2.45, 2.75) is 0 Å². The van der Waals surface area contributed by atoms with Crippen LogP contribution in [0.1, 0.15) is 0 Å². The van der Waals surface area contributed by atoms with E-state index >= 15 is 0 Å². The molecule has 0 aliphatic carbocycles. The van der Waals surface area contributed by atoms with Crippen LogP contribution in [0.3, 0.4) is 0 Å². The van der Waals surface area contributed by atoms with Crippen LogP contribution in [0.25, 0.3) is 0 Å². The molecule has 0 aliphatic rings. The van der Waals surface area contributed by atoms with Crippen LogP contribution in [0, 0.1) is 61.4 Å². The Balaban J connectivity index is -0.0000000390. The van der Waals surface area contributed by atoms with Gasteiger partial charge in [-0.2, -0.15) is 0 Å². The van der Waals surface area contributed by atoms with Crippen molar-refractivity contribution in [3.63, 3.8) is 0 Å². The molecule has 0 amide bonds. The van der Waals surface area contributed by atoms with Crippen LogP contribution in [0.2, 0.25) is 0 Å². The Morgan fingerprint density at radius 1 is 0.282 bits per heavy atom. The molecule has 0 atom stereocenters. The molecule has 0 aromatic carbocycles. The molecule has 0 N–H and O–H groups in total. The fourth-order valence-corrected chi connectivity index (χ4v) is 0. The van der Waals surface area contributed by atoms with Gasteiger partial charge in [-0.05, 0) is 0 Å². The minimum absolute atomic E-state index is 0. The van der Waals surface area contributed by atoms with Gasteiger partial charge in [0.2, 0.25) is 0 Å². The molecule has 0 unspecified atom stereocenters. The summed E-state index contributed by atoms with van der Waals surface area (Å²) in [5.41, 5.74) is 0. The summed E-state index contributed by atoms with van der Waals surface area (Å²) in [5.74, 6) is 0. The first-order valence-electron chi connectivity index (χ1n) is 5.25. The fraction of sp³-hybridized carbons (Fsp3) is 0. The van der Waals surface area contributed by atoms with Gasteiger partial charge in [0, 0.05) is 0 Å². The Kier molecular flexibility index (Phi) is 45.2. The van der Waals surface area contributed by atoms with E-state index in [1.165, 1.54) is 0 Å². The maximum absolute atomic E-state index is 9.14. The van der Waals surface area contributed by atoms with Crippen LogP contribution in [-0.4, -0.2) is 0 Å². The van der Waals surface area contributed by atoms with Crippen LogP contribution >= 0.6 is 0 Å². The van der Waals surface area contributed by atoms with Crippen LogP contribution in [-0.2, 0) is 175 Å². The number of hydrogen-bond acceptors (Lipinski definition) is 24. The van der Waals surface area contributed by atoms with E-state index in [1.54, 1.807) is 0 Å². The van der Waals surface area contributed by atoms with Crippen LogP contribution < -0.4 is 25.1 Å². The molecule has 0 aromatic heterocycles. The first-order chi connectivity index (χ1) is 15.4. The van der Waals surface area contributed by atoms with Crippen LogP contribution in [0.5, 0.6) is 0 Å². The van der Waals surface area contributed by atoms with Gasteiger partial charge in [0.25, 0.3) is 0 Å². The van der Waals surface area contributed by atoms with Crippen LogP contribution in [0.4, 0.5) is 0 Å². The molecule has 237 valence electrons. The maximum atomic E-state index is 9.14. The number of hydrogen-bond donors (Lipinski definition) is 0. The van der Waals surface area contributed by atoms with E-state index in [1.807, 2.05) is 0 Å². The smallest absolute Gasteiger partial charge is 2.00 e. The second-order valence-corrected chi connectivity index (χ2v) is 12.5. The van der Waals surface area contributed by atoms with Crippen molar-refractivity contribution >= 4 is 0 Å². The second kappa shape index (κ2) is 28.5. The standard InChI is InChI=1S/6CN.3Cu.6Mn.18O/c6*1-2;;;;;;;;;;;;;;;;;;;;;;;;;;;/q;;;;;;3*+2;;;;;;;;;;;;;;;;;;;6*-1. The van der Waals surface area contributed by atoms with Gasteiger partial charge < -0.3 is 0 Å². The molecule has 39 heavy (non-hydrogen) atoms. The first kappa shape index (κ1) is 61.8. The molecule has 0 heterocycles. The Morgan fingerprint density at radius 3 is 0.308 bits per heavy atom. The molecule has 0 aromatic rings. The van der Waals surface area contributed by atoms with E-state index in [0.29, 0.717) is 29.8 Å². The quantitative estimate of drug-likeness (QED) is 0.203. The van der Waals surface area contributed by atoms with Crippen molar-refractivity contribution in [2.75, 3.05) is 0 Å². The van der Waals surface area contributed by atoms with Crippen molar-refractivity contribution in [1.29, 1.82) is 31.6 Å². The van der Waals surface area contributed by atoms with Crippen molar-refractivity contribution in [2.24, 2.45) is 0 Å². The topological polar surface area (TPSA) is 486 Å². The predicted octanol–water partition coefficient (Wildman–Crippen LogP) is -8.48. The molecule has 0 saturated carbocycles. The molecule has 0 bridgehead atoms. The van der Waals surface area contributed by atoms with Crippen molar-refractivity contribution < 1.29 is 201 Å². The number of nitriles is 6. The predicted molar refractivity (Wildman–Crippen MR) is 41.9 cm³/mol. The Bertz CT molecular complexity index is 1300. The summed E-state index contributed by atoms with van der Waals surface area (Å²) in [6, 6.07) is 0. The molecule has 0 fully saturated rings. The Morgan fingerprint density at radius 2 is 0.308 bits per heavy atom. The SMILES string of the molecule is N#[C][Mn](=[O])(=[O])[O-].N#[C][Mn](=[O])(=[O])[O-].N#[C][Mn](=[O])(=[O])[O-].N#[C][Mn](=[O])(=[O])[O-].N#[C][Mn](=[O])(=[O])[O-].N#[C][Mn](=[O])(=[O])[O-].[Cu+2].[Cu+2].[Cu+2]. The monoisotopic (exact) mass is 962 g/mol. The third-order valence-electron chi connectivity index (χ3n) is 0.621. The van der Waals surface area contributed by atoms with Gasteiger partial charge >= 0.3 is 262 Å². The first-order valence-corrected chi connectivity index (χ1v) is 17.5. The minimum atomic E-state index is -5.09. The summed E-state index contributed by atoms with van der Waals surface area (Å²) in [6.07, 6.45) is 0. The Hall–Kier alpha value is -1.02.